The number of rotatable bonds is 6. The summed E-state index contributed by atoms with van der Waals surface area (Å²) in [5, 5.41) is 0. The van der Waals surface area contributed by atoms with E-state index in [2.05, 4.69) is 0 Å². The fourth-order valence-electron chi connectivity index (χ4n) is 6.32. The molecule has 0 aromatic heterocycles. The predicted octanol–water partition coefficient (Wildman–Crippen LogP) is 4.98. The maximum atomic E-state index is 14.8. The minimum Gasteiger partial charge on any atom is -0.467 e. The van der Waals surface area contributed by atoms with E-state index >= 15 is 0 Å². The van der Waals surface area contributed by atoms with E-state index in [4.69, 9.17) is 9.47 Å². The van der Waals surface area contributed by atoms with E-state index in [-0.39, 0.29) is 6.54 Å². The van der Waals surface area contributed by atoms with Crippen LogP contribution in [0.4, 0.5) is 4.79 Å². The summed E-state index contributed by atoms with van der Waals surface area (Å²) >= 11 is 0. The summed E-state index contributed by atoms with van der Waals surface area (Å²) in [6.45, 7) is 0.109. The first-order valence-electron chi connectivity index (χ1n) is 13.1. The van der Waals surface area contributed by atoms with Gasteiger partial charge in [0.15, 0.2) is 12.1 Å². The van der Waals surface area contributed by atoms with Crippen molar-refractivity contribution in [3.8, 4) is 11.1 Å². The van der Waals surface area contributed by atoms with E-state index in [1.54, 1.807) is 4.90 Å². The van der Waals surface area contributed by atoms with Gasteiger partial charge < -0.3 is 14.4 Å². The van der Waals surface area contributed by atoms with Gasteiger partial charge in [-0.1, -0.05) is 109 Å². The molecule has 1 aliphatic heterocycles. The lowest BCUT2D eigenvalue weighted by Gasteiger charge is -2.43. The zero-order valence-corrected chi connectivity index (χ0v) is 22.2. The van der Waals surface area contributed by atoms with Crippen LogP contribution in [0.25, 0.3) is 11.1 Å². The van der Waals surface area contributed by atoms with Crippen LogP contribution in [0.2, 0.25) is 0 Å². The molecule has 1 fully saturated rings. The molecule has 200 valence electrons. The van der Waals surface area contributed by atoms with Crippen LogP contribution in [0.3, 0.4) is 0 Å². The van der Waals surface area contributed by atoms with Crippen LogP contribution in [0.1, 0.15) is 22.3 Å². The molecular formula is C33H28N2O5. The molecule has 1 aliphatic carbocycles. The van der Waals surface area contributed by atoms with Crippen LogP contribution in [0, 0.1) is 0 Å². The third-order valence-electron chi connectivity index (χ3n) is 7.92. The van der Waals surface area contributed by atoms with E-state index in [1.807, 2.05) is 109 Å². The van der Waals surface area contributed by atoms with Crippen molar-refractivity contribution in [2.45, 2.75) is 24.2 Å². The number of urea groups is 1. The lowest BCUT2D eigenvalue weighted by atomic mass is 9.78. The molecule has 7 nitrogen and oxygen atoms in total. The Morgan fingerprint density at radius 3 is 1.70 bits per heavy atom. The van der Waals surface area contributed by atoms with Gasteiger partial charge in [0, 0.05) is 6.54 Å². The van der Waals surface area contributed by atoms with E-state index in [0.29, 0.717) is 0 Å². The average Bonchev–Trinajstić information content (AvgIpc) is 3.47. The summed E-state index contributed by atoms with van der Waals surface area (Å²) < 4.78 is 10.5. The second kappa shape index (κ2) is 10.0. The quantitative estimate of drug-likeness (QED) is 0.328. The van der Waals surface area contributed by atoms with Crippen molar-refractivity contribution in [2.75, 3.05) is 14.2 Å². The molecule has 2 amide bonds. The van der Waals surface area contributed by atoms with Gasteiger partial charge in [0.2, 0.25) is 0 Å². The van der Waals surface area contributed by atoms with Crippen LogP contribution in [0.15, 0.2) is 109 Å². The number of hydrogen-bond acceptors (Lipinski definition) is 5. The topological polar surface area (TPSA) is 76.2 Å². The average molecular weight is 533 g/mol. The minimum atomic E-state index is -1.28. The predicted molar refractivity (Wildman–Crippen MR) is 149 cm³/mol. The third-order valence-corrected chi connectivity index (χ3v) is 7.92. The Bertz CT molecular complexity index is 1540. The highest BCUT2D eigenvalue weighted by atomic mass is 16.5. The van der Waals surface area contributed by atoms with Crippen LogP contribution in [-0.2, 0) is 31.1 Å². The maximum Gasteiger partial charge on any atom is 0.331 e. The Morgan fingerprint density at radius 1 is 0.675 bits per heavy atom. The molecule has 2 aliphatic rings. The molecule has 0 bridgehead atoms. The number of ether oxygens (including phenoxy) is 2. The number of nitrogens with zero attached hydrogens (tertiary/aromatic N) is 2. The Hall–Kier alpha value is -4.91. The van der Waals surface area contributed by atoms with Gasteiger partial charge in [-0.25, -0.2) is 14.4 Å². The summed E-state index contributed by atoms with van der Waals surface area (Å²) in [5.74, 6) is -1.39. The molecule has 6 rings (SSSR count). The first-order valence-corrected chi connectivity index (χ1v) is 13.1. The van der Waals surface area contributed by atoms with Crippen molar-refractivity contribution in [1.82, 2.24) is 9.80 Å². The molecule has 1 heterocycles. The molecule has 0 unspecified atom stereocenters. The van der Waals surface area contributed by atoms with Crippen LogP contribution < -0.4 is 0 Å². The van der Waals surface area contributed by atoms with Crippen molar-refractivity contribution in [3.63, 3.8) is 0 Å². The normalized spacial score (nSPS) is 18.7. The fraction of sp³-hybridized carbons (Fsp3) is 0.182. The van der Waals surface area contributed by atoms with Gasteiger partial charge in [-0.15, -0.1) is 0 Å². The molecule has 0 N–H and O–H groups in total. The first-order chi connectivity index (χ1) is 19.5. The van der Waals surface area contributed by atoms with Crippen molar-refractivity contribution in [3.05, 3.63) is 131 Å². The number of hydrogen-bond donors (Lipinski definition) is 0. The summed E-state index contributed by atoms with van der Waals surface area (Å²) in [6.07, 6.45) is 0. The molecule has 1 saturated heterocycles. The number of fused-ring (bicyclic) bond motifs is 3. The molecule has 4 aromatic carbocycles. The first kappa shape index (κ1) is 25.4. The Balaban J connectivity index is 1.67. The lowest BCUT2D eigenvalue weighted by Crippen LogP contribution is -2.56. The van der Waals surface area contributed by atoms with Gasteiger partial charge in [0.05, 0.1) is 14.2 Å². The highest BCUT2D eigenvalue weighted by molar-refractivity contribution is 5.99. The molecule has 0 saturated carbocycles. The van der Waals surface area contributed by atoms with Crippen LogP contribution in [-0.4, -0.2) is 54.1 Å². The van der Waals surface area contributed by atoms with Crippen molar-refractivity contribution < 1.29 is 23.9 Å². The van der Waals surface area contributed by atoms with Crippen LogP contribution >= 0.6 is 0 Å². The molecule has 4 aromatic rings. The van der Waals surface area contributed by atoms with Crippen molar-refractivity contribution in [1.29, 1.82) is 0 Å². The number of esters is 2. The third kappa shape index (κ3) is 3.61. The number of amides is 2. The van der Waals surface area contributed by atoms with Gasteiger partial charge in [-0.05, 0) is 33.4 Å². The molecule has 7 heteroatoms. The summed E-state index contributed by atoms with van der Waals surface area (Å²) in [4.78, 5) is 44.9. The van der Waals surface area contributed by atoms with Crippen molar-refractivity contribution in [2.24, 2.45) is 0 Å². The Labute approximate surface area is 232 Å². The smallest absolute Gasteiger partial charge is 0.331 e. The van der Waals surface area contributed by atoms with Crippen LogP contribution in [0.5, 0.6) is 0 Å². The maximum absolute atomic E-state index is 14.8. The molecule has 0 radical (unpaired) electrons. The fourth-order valence-corrected chi connectivity index (χ4v) is 6.32. The van der Waals surface area contributed by atoms with Gasteiger partial charge in [-0.2, -0.15) is 0 Å². The summed E-state index contributed by atoms with van der Waals surface area (Å²) in [7, 11) is 2.53. The van der Waals surface area contributed by atoms with Gasteiger partial charge in [-0.3, -0.25) is 4.90 Å². The molecule has 2 atom stereocenters. The van der Waals surface area contributed by atoms with Gasteiger partial charge >= 0.3 is 18.0 Å². The minimum absolute atomic E-state index is 0.109. The number of methoxy groups -OCH3 is 2. The van der Waals surface area contributed by atoms with E-state index in [1.165, 1.54) is 19.1 Å². The molecule has 40 heavy (non-hydrogen) atoms. The highest BCUT2D eigenvalue weighted by Gasteiger charge is 2.63. The van der Waals surface area contributed by atoms with E-state index < -0.39 is 35.6 Å². The van der Waals surface area contributed by atoms with E-state index in [0.717, 1.165) is 33.4 Å². The SMILES string of the molecule is COC(=O)[C@@H]1[C@@H](C(=O)OC)N(C2(c3ccccc3)c3ccccc3-c3ccccc32)C(=O)N1Cc1ccccc1. The zero-order valence-electron chi connectivity index (χ0n) is 22.2. The second-order valence-corrected chi connectivity index (χ2v) is 9.87. The summed E-state index contributed by atoms with van der Waals surface area (Å²) in [5.41, 5.74) is 3.98. The molecule has 0 spiro atoms. The zero-order chi connectivity index (χ0) is 27.9. The van der Waals surface area contributed by atoms with Gasteiger partial charge in [0.1, 0.15) is 5.54 Å². The van der Waals surface area contributed by atoms with Gasteiger partial charge in [0.25, 0.3) is 0 Å². The lowest BCUT2D eigenvalue weighted by molar-refractivity contribution is -0.155. The Morgan fingerprint density at radius 2 is 1.15 bits per heavy atom. The number of benzene rings is 4. The highest BCUT2D eigenvalue weighted by Crippen LogP contribution is 2.56. The monoisotopic (exact) mass is 532 g/mol. The molecular weight excluding hydrogens is 504 g/mol. The Kier molecular flexibility index (Phi) is 6.34. The largest absolute Gasteiger partial charge is 0.467 e. The second-order valence-electron chi connectivity index (χ2n) is 9.87. The summed E-state index contributed by atoms with van der Waals surface area (Å²) in [6, 6.07) is 31.8. The standard InChI is InChI=1S/C33H28N2O5/c1-39-30(36)28-29(31(37)40-2)35(32(38)34(28)21-22-13-5-3-6-14-22)33(23-15-7-4-8-16-23)26-19-11-9-17-24(26)25-18-10-12-20-27(25)33/h3-20,28-29H,21H2,1-2H3/t28-,29-/m0/s1. The van der Waals surface area contributed by atoms with E-state index in [9.17, 15) is 14.4 Å². The van der Waals surface area contributed by atoms with Crippen molar-refractivity contribution >= 4 is 18.0 Å². The number of carbonyl (C=O) groups is 3. The number of carbonyl (C=O) groups excluding carboxylic acids is 3.